The fourth-order valence-corrected chi connectivity index (χ4v) is 11.3. The molecule has 0 aromatic heterocycles. The Morgan fingerprint density at radius 3 is 2.00 bits per heavy atom. The molecule has 3 aromatic rings. The Bertz CT molecular complexity index is 1290. The van der Waals surface area contributed by atoms with Crippen LogP contribution >= 0.6 is 11.6 Å². The van der Waals surface area contributed by atoms with Crippen molar-refractivity contribution in [2.45, 2.75) is 51.4 Å². The lowest BCUT2D eigenvalue weighted by Gasteiger charge is -2.44. The molecule has 3 aromatic carbocycles. The van der Waals surface area contributed by atoms with Crippen molar-refractivity contribution in [3.8, 4) is 24.2 Å². The van der Waals surface area contributed by atoms with Crippen molar-refractivity contribution in [3.63, 3.8) is 0 Å². The predicted molar refractivity (Wildman–Crippen MR) is 161 cm³/mol. The van der Waals surface area contributed by atoms with Gasteiger partial charge in [-0.15, -0.1) is 6.42 Å². The molecule has 1 atom stereocenters. The van der Waals surface area contributed by atoms with E-state index in [-0.39, 0.29) is 17.9 Å². The summed E-state index contributed by atoms with van der Waals surface area (Å²) in [6, 6.07) is 29.2. The highest BCUT2D eigenvalue weighted by Crippen LogP contribution is 2.42. The van der Waals surface area contributed by atoms with Gasteiger partial charge in [-0.1, -0.05) is 111 Å². The molecule has 4 rings (SSSR count). The van der Waals surface area contributed by atoms with E-state index >= 15 is 0 Å². The fourth-order valence-electron chi connectivity index (χ4n) is 5.30. The van der Waals surface area contributed by atoms with Crippen molar-refractivity contribution in [2.75, 3.05) is 13.2 Å². The molecule has 0 aliphatic carbocycles. The second kappa shape index (κ2) is 12.7. The molecule has 1 aliphatic heterocycles. The van der Waals surface area contributed by atoms with E-state index in [0.29, 0.717) is 5.03 Å². The molecule has 0 spiro atoms. The summed E-state index contributed by atoms with van der Waals surface area (Å²) in [4.78, 5) is 0. The number of ether oxygens (including phenoxy) is 2. The number of rotatable bonds is 6. The van der Waals surface area contributed by atoms with E-state index in [0.717, 1.165) is 42.2 Å². The Kier molecular flexibility index (Phi) is 9.32. The number of allylic oxidation sites excluding steroid dienone is 1. The quantitative estimate of drug-likeness (QED) is 0.258. The van der Waals surface area contributed by atoms with E-state index in [9.17, 15) is 0 Å². The summed E-state index contributed by atoms with van der Waals surface area (Å²) in [5, 5.41) is 3.96. The van der Waals surface area contributed by atoms with Crippen LogP contribution in [0.25, 0.3) is 0 Å². The minimum atomic E-state index is -2.78. The summed E-state index contributed by atoms with van der Waals surface area (Å²) in [5.74, 6) is 9.68. The van der Waals surface area contributed by atoms with Crippen molar-refractivity contribution in [2.24, 2.45) is 0 Å². The van der Waals surface area contributed by atoms with Gasteiger partial charge in [-0.05, 0) is 58.9 Å². The summed E-state index contributed by atoms with van der Waals surface area (Å²) in [7, 11) is -2.78. The first-order valence-corrected chi connectivity index (χ1v) is 15.6. The number of benzene rings is 3. The predicted octanol–water partition coefficient (Wildman–Crippen LogP) is 6.66. The van der Waals surface area contributed by atoms with Crippen LogP contribution in [-0.2, 0) is 9.47 Å². The van der Waals surface area contributed by atoms with Crippen molar-refractivity contribution < 1.29 is 9.47 Å². The first-order chi connectivity index (χ1) is 18.4. The van der Waals surface area contributed by atoms with E-state index in [1.165, 1.54) is 10.4 Å². The van der Waals surface area contributed by atoms with Crippen LogP contribution in [0.2, 0.25) is 5.04 Å². The van der Waals surface area contributed by atoms with Crippen molar-refractivity contribution in [3.05, 3.63) is 106 Å². The van der Waals surface area contributed by atoms with Gasteiger partial charge in [-0.3, -0.25) is 0 Å². The highest BCUT2D eigenvalue weighted by molar-refractivity contribution is 7.10. The zero-order valence-corrected chi connectivity index (χ0v) is 24.2. The van der Waals surface area contributed by atoms with E-state index in [1.54, 1.807) is 0 Å². The van der Waals surface area contributed by atoms with Crippen LogP contribution in [-0.4, -0.2) is 27.6 Å². The molecule has 1 fully saturated rings. The van der Waals surface area contributed by atoms with Crippen LogP contribution in [0.5, 0.6) is 0 Å². The van der Waals surface area contributed by atoms with Crippen LogP contribution in [0.15, 0.2) is 95.2 Å². The van der Waals surface area contributed by atoms with E-state index in [2.05, 4.69) is 99.2 Å². The van der Waals surface area contributed by atoms with Crippen LogP contribution in [0.1, 0.15) is 51.2 Å². The third-order valence-corrected chi connectivity index (χ3v) is 13.4. The van der Waals surface area contributed by atoms with Crippen LogP contribution in [0.3, 0.4) is 0 Å². The summed E-state index contributed by atoms with van der Waals surface area (Å²) in [6.07, 6.45) is 8.38. The lowest BCUT2D eigenvalue weighted by Crippen LogP contribution is -2.66. The van der Waals surface area contributed by atoms with Gasteiger partial charge in [0.25, 0.3) is 0 Å². The average molecular weight is 539 g/mol. The SMILES string of the molecule is C#Cc1ccc(C#C/C(=C(\Cl)COC2CCCCO2)[Si](c2ccccc2)(c2ccccc2)C(C)(C)C)cc1. The van der Waals surface area contributed by atoms with Gasteiger partial charge in [0, 0.05) is 22.9 Å². The number of hydrogen-bond donors (Lipinski definition) is 0. The van der Waals surface area contributed by atoms with E-state index in [4.69, 9.17) is 27.5 Å². The van der Waals surface area contributed by atoms with E-state index in [1.807, 2.05) is 24.3 Å². The highest BCUT2D eigenvalue weighted by atomic mass is 35.5. The van der Waals surface area contributed by atoms with Gasteiger partial charge in [-0.2, -0.15) is 0 Å². The maximum absolute atomic E-state index is 7.27. The molecular weight excluding hydrogens is 504 g/mol. The Labute approximate surface area is 234 Å². The molecule has 0 amide bonds. The van der Waals surface area contributed by atoms with Crippen LogP contribution in [0, 0.1) is 24.2 Å². The summed E-state index contributed by atoms with van der Waals surface area (Å²) < 4.78 is 12.0. The highest BCUT2D eigenvalue weighted by Gasteiger charge is 2.51. The Morgan fingerprint density at radius 2 is 1.50 bits per heavy atom. The van der Waals surface area contributed by atoms with Gasteiger partial charge < -0.3 is 9.47 Å². The molecule has 0 N–H and O–H groups in total. The molecule has 1 saturated heterocycles. The minimum Gasteiger partial charge on any atom is -0.353 e. The molecule has 1 heterocycles. The van der Waals surface area contributed by atoms with Gasteiger partial charge in [0.2, 0.25) is 0 Å². The molecule has 194 valence electrons. The lowest BCUT2D eigenvalue weighted by molar-refractivity contribution is -0.156. The second-order valence-electron chi connectivity index (χ2n) is 10.6. The maximum Gasteiger partial charge on any atom is 0.165 e. The third-order valence-electron chi connectivity index (χ3n) is 7.10. The molecule has 38 heavy (non-hydrogen) atoms. The monoisotopic (exact) mass is 538 g/mol. The maximum atomic E-state index is 7.27. The molecule has 2 nitrogen and oxygen atoms in total. The van der Waals surface area contributed by atoms with Crippen molar-refractivity contribution >= 4 is 30.0 Å². The van der Waals surface area contributed by atoms with Crippen molar-refractivity contribution in [1.82, 2.24) is 0 Å². The first-order valence-electron chi connectivity index (χ1n) is 13.2. The van der Waals surface area contributed by atoms with Crippen LogP contribution in [0.4, 0.5) is 0 Å². The number of hydrogen-bond acceptors (Lipinski definition) is 2. The molecule has 0 bridgehead atoms. The summed E-state index contributed by atoms with van der Waals surface area (Å²) in [5.41, 5.74) is 1.72. The third kappa shape index (κ3) is 6.15. The molecule has 0 radical (unpaired) electrons. The zero-order valence-electron chi connectivity index (χ0n) is 22.5. The van der Waals surface area contributed by atoms with Gasteiger partial charge in [-0.25, -0.2) is 0 Å². The molecule has 1 aliphatic rings. The summed E-state index contributed by atoms with van der Waals surface area (Å²) >= 11 is 7.27. The average Bonchev–Trinajstić information content (AvgIpc) is 2.95. The summed E-state index contributed by atoms with van der Waals surface area (Å²) in [6.45, 7) is 7.89. The zero-order chi connectivity index (χ0) is 27.0. The first kappa shape index (κ1) is 28.0. The Morgan fingerprint density at radius 1 is 0.921 bits per heavy atom. The smallest absolute Gasteiger partial charge is 0.165 e. The number of halogens is 1. The molecule has 0 saturated carbocycles. The van der Waals surface area contributed by atoms with Crippen molar-refractivity contribution in [1.29, 1.82) is 0 Å². The van der Waals surface area contributed by atoms with Crippen LogP contribution < -0.4 is 10.4 Å². The standard InChI is InChI=1S/C34H35ClO2Si/c1-5-27-19-21-28(22-20-27)23-24-32(31(35)26-37-33-18-12-13-25-36-33)38(34(2,3)4,29-14-8-6-9-15-29)30-16-10-7-11-17-30/h1,6-11,14-17,19-22,33H,12-13,18,25-26H2,2-4H3/b32-31+. The second-order valence-corrected chi connectivity index (χ2v) is 15.7. The fraction of sp³-hybridized carbons (Fsp3) is 0.294. The van der Waals surface area contributed by atoms with E-state index < -0.39 is 8.07 Å². The Hall–Kier alpha value is -3.05. The lowest BCUT2D eigenvalue weighted by atomic mass is 10.1. The number of terminal acetylenes is 1. The molecule has 1 unspecified atom stereocenters. The normalized spacial score (nSPS) is 16.6. The topological polar surface area (TPSA) is 18.5 Å². The minimum absolute atomic E-state index is 0.158. The molecular formula is C34H35ClO2Si. The van der Waals surface area contributed by atoms with Gasteiger partial charge in [0.15, 0.2) is 14.4 Å². The van der Waals surface area contributed by atoms with Gasteiger partial charge in [0.05, 0.1) is 11.6 Å². The Balaban J connectivity index is 1.94. The van der Waals surface area contributed by atoms with Gasteiger partial charge in [0.1, 0.15) is 0 Å². The largest absolute Gasteiger partial charge is 0.353 e. The molecule has 4 heteroatoms. The van der Waals surface area contributed by atoms with Gasteiger partial charge >= 0.3 is 0 Å².